The first-order valence-corrected chi connectivity index (χ1v) is 4.55. The smallest absolute Gasteiger partial charge is 0.116 e. The van der Waals surface area contributed by atoms with Crippen molar-refractivity contribution in [3.05, 3.63) is 54.6 Å². The molecule has 4 nitrogen and oxygen atoms in total. The van der Waals surface area contributed by atoms with E-state index in [1.54, 1.807) is 18.5 Å². The molecule has 1 aromatic carbocycles. The van der Waals surface area contributed by atoms with Crippen LogP contribution in [0.25, 0.3) is 0 Å². The predicted octanol–water partition coefficient (Wildman–Crippen LogP) is 1.92. The quantitative estimate of drug-likeness (QED) is 0.605. The molecule has 0 saturated heterocycles. The Hall–Kier alpha value is -2.23. The van der Waals surface area contributed by atoms with Crippen LogP contribution in [-0.2, 0) is 0 Å². The van der Waals surface area contributed by atoms with Crippen LogP contribution in [0.3, 0.4) is 0 Å². The summed E-state index contributed by atoms with van der Waals surface area (Å²) in [6.07, 6.45) is 4.81. The van der Waals surface area contributed by atoms with Gasteiger partial charge in [-0.1, -0.05) is 18.2 Å². The molecule has 0 aliphatic rings. The summed E-state index contributed by atoms with van der Waals surface area (Å²) in [5.41, 5.74) is 4.62. The number of hydrogen-bond donors (Lipinski definition) is 1. The fourth-order valence-corrected chi connectivity index (χ4v) is 1.06. The van der Waals surface area contributed by atoms with Gasteiger partial charge in [0.2, 0.25) is 0 Å². The molecule has 0 radical (unpaired) electrons. The number of para-hydroxylation sites is 1. The van der Waals surface area contributed by atoms with Crippen molar-refractivity contribution in [3.63, 3.8) is 0 Å². The molecule has 0 atom stereocenters. The number of benzene rings is 1. The van der Waals surface area contributed by atoms with Crippen LogP contribution in [0, 0.1) is 0 Å². The second kappa shape index (κ2) is 4.85. The van der Waals surface area contributed by atoms with Gasteiger partial charge >= 0.3 is 0 Å². The number of aromatic nitrogens is 2. The first-order valence-electron chi connectivity index (χ1n) is 4.55. The molecule has 1 N–H and O–H groups in total. The largest absolute Gasteiger partial charge is 0.278 e. The van der Waals surface area contributed by atoms with E-state index in [2.05, 4.69) is 20.5 Å². The van der Waals surface area contributed by atoms with Gasteiger partial charge in [0.25, 0.3) is 0 Å². The lowest BCUT2D eigenvalue weighted by molar-refractivity contribution is 1.15. The molecule has 0 aliphatic heterocycles. The third-order valence-electron chi connectivity index (χ3n) is 1.77. The third kappa shape index (κ3) is 2.87. The summed E-state index contributed by atoms with van der Waals surface area (Å²) in [7, 11) is 0. The van der Waals surface area contributed by atoms with E-state index in [9.17, 15) is 0 Å². The van der Waals surface area contributed by atoms with Gasteiger partial charge in [-0.3, -0.25) is 5.43 Å². The van der Waals surface area contributed by atoms with Gasteiger partial charge in [0, 0.05) is 6.20 Å². The molecule has 0 bridgehead atoms. The number of hydrogen-bond acceptors (Lipinski definition) is 4. The Labute approximate surface area is 87.7 Å². The van der Waals surface area contributed by atoms with Gasteiger partial charge in [0.05, 0.1) is 17.6 Å². The SMILES string of the molecule is C(=NNc1ccccc1)c1ccncn1. The minimum absolute atomic E-state index is 0.772. The van der Waals surface area contributed by atoms with E-state index >= 15 is 0 Å². The lowest BCUT2D eigenvalue weighted by Gasteiger charge is -1.97. The molecule has 2 aromatic rings. The molecule has 0 spiro atoms. The molecular formula is C11H10N4. The minimum atomic E-state index is 0.772. The van der Waals surface area contributed by atoms with Crippen LogP contribution in [0.1, 0.15) is 5.69 Å². The van der Waals surface area contributed by atoms with Crippen molar-refractivity contribution < 1.29 is 0 Å². The highest BCUT2D eigenvalue weighted by atomic mass is 15.3. The monoisotopic (exact) mass is 198 g/mol. The maximum absolute atomic E-state index is 4.05. The average molecular weight is 198 g/mol. The maximum Gasteiger partial charge on any atom is 0.116 e. The van der Waals surface area contributed by atoms with E-state index in [0.29, 0.717) is 0 Å². The zero-order chi connectivity index (χ0) is 10.3. The van der Waals surface area contributed by atoms with E-state index in [4.69, 9.17) is 0 Å². The van der Waals surface area contributed by atoms with Crippen LogP contribution in [0.2, 0.25) is 0 Å². The van der Waals surface area contributed by atoms with Crippen molar-refractivity contribution in [2.24, 2.45) is 5.10 Å². The van der Waals surface area contributed by atoms with E-state index in [0.717, 1.165) is 11.4 Å². The summed E-state index contributed by atoms with van der Waals surface area (Å²) >= 11 is 0. The number of nitrogens with one attached hydrogen (secondary N) is 1. The van der Waals surface area contributed by atoms with Crippen LogP contribution < -0.4 is 5.43 Å². The van der Waals surface area contributed by atoms with Crippen molar-refractivity contribution in [2.75, 3.05) is 5.43 Å². The lowest BCUT2D eigenvalue weighted by Crippen LogP contribution is -1.92. The Bertz CT molecular complexity index is 425. The van der Waals surface area contributed by atoms with Crippen molar-refractivity contribution in [3.8, 4) is 0 Å². The summed E-state index contributed by atoms with van der Waals surface area (Å²) in [5, 5.41) is 4.05. The molecule has 15 heavy (non-hydrogen) atoms. The van der Waals surface area contributed by atoms with Crippen molar-refractivity contribution in [1.82, 2.24) is 9.97 Å². The van der Waals surface area contributed by atoms with Gasteiger partial charge < -0.3 is 0 Å². The van der Waals surface area contributed by atoms with E-state index < -0.39 is 0 Å². The van der Waals surface area contributed by atoms with Gasteiger partial charge in [-0.05, 0) is 18.2 Å². The van der Waals surface area contributed by atoms with E-state index in [1.165, 1.54) is 6.33 Å². The van der Waals surface area contributed by atoms with Crippen LogP contribution in [0.5, 0.6) is 0 Å². The number of rotatable bonds is 3. The summed E-state index contributed by atoms with van der Waals surface area (Å²) < 4.78 is 0. The molecular weight excluding hydrogens is 188 g/mol. The zero-order valence-corrected chi connectivity index (χ0v) is 8.04. The Morgan fingerprint density at radius 3 is 2.73 bits per heavy atom. The minimum Gasteiger partial charge on any atom is -0.278 e. The Morgan fingerprint density at radius 2 is 2.00 bits per heavy atom. The Kier molecular flexibility index (Phi) is 3.02. The highest BCUT2D eigenvalue weighted by molar-refractivity contribution is 5.77. The summed E-state index contributed by atoms with van der Waals surface area (Å²) in [5.74, 6) is 0. The normalized spacial score (nSPS) is 10.4. The number of hydrazone groups is 1. The van der Waals surface area contributed by atoms with Crippen molar-refractivity contribution in [2.45, 2.75) is 0 Å². The highest BCUT2D eigenvalue weighted by Gasteiger charge is 1.86. The van der Waals surface area contributed by atoms with Gasteiger partial charge in [-0.2, -0.15) is 5.10 Å². The summed E-state index contributed by atoms with van der Waals surface area (Å²) in [4.78, 5) is 7.83. The molecule has 0 amide bonds. The van der Waals surface area contributed by atoms with E-state index in [-0.39, 0.29) is 0 Å². The summed E-state index contributed by atoms with van der Waals surface area (Å²) in [6, 6.07) is 11.5. The first-order chi connectivity index (χ1) is 7.45. The molecule has 1 aromatic heterocycles. The molecule has 2 rings (SSSR count). The van der Waals surface area contributed by atoms with Crippen LogP contribution in [0.15, 0.2) is 54.0 Å². The van der Waals surface area contributed by atoms with Gasteiger partial charge in [0.15, 0.2) is 0 Å². The van der Waals surface area contributed by atoms with Crippen LogP contribution in [-0.4, -0.2) is 16.2 Å². The molecule has 0 fully saturated rings. The molecule has 0 unspecified atom stereocenters. The first kappa shape index (κ1) is 9.33. The maximum atomic E-state index is 4.05. The molecule has 0 saturated carbocycles. The summed E-state index contributed by atoms with van der Waals surface area (Å²) in [6.45, 7) is 0. The lowest BCUT2D eigenvalue weighted by atomic mass is 10.3. The van der Waals surface area contributed by atoms with Gasteiger partial charge in [0.1, 0.15) is 6.33 Å². The predicted molar refractivity (Wildman–Crippen MR) is 59.7 cm³/mol. The van der Waals surface area contributed by atoms with Crippen LogP contribution >= 0.6 is 0 Å². The molecule has 1 heterocycles. The highest BCUT2D eigenvalue weighted by Crippen LogP contribution is 2.03. The number of nitrogens with zero attached hydrogens (tertiary/aromatic N) is 3. The third-order valence-corrected chi connectivity index (χ3v) is 1.77. The van der Waals surface area contributed by atoms with E-state index in [1.807, 2.05) is 30.3 Å². The fourth-order valence-electron chi connectivity index (χ4n) is 1.06. The molecule has 74 valence electrons. The Morgan fingerprint density at radius 1 is 1.13 bits per heavy atom. The van der Waals surface area contributed by atoms with Crippen molar-refractivity contribution >= 4 is 11.9 Å². The second-order valence-corrected chi connectivity index (χ2v) is 2.87. The average Bonchev–Trinajstić information content (AvgIpc) is 2.32. The standard InChI is InChI=1S/C11H10N4/c1-2-4-10(5-3-1)15-14-8-11-6-7-12-9-13-11/h1-9,15H. The number of anilines is 1. The van der Waals surface area contributed by atoms with Crippen molar-refractivity contribution in [1.29, 1.82) is 0 Å². The van der Waals surface area contributed by atoms with Crippen LogP contribution in [0.4, 0.5) is 5.69 Å². The topological polar surface area (TPSA) is 50.2 Å². The molecule has 0 aliphatic carbocycles. The fraction of sp³-hybridized carbons (Fsp3) is 0. The molecule has 4 heteroatoms. The van der Waals surface area contributed by atoms with Gasteiger partial charge in [-0.25, -0.2) is 9.97 Å². The second-order valence-electron chi connectivity index (χ2n) is 2.87. The van der Waals surface area contributed by atoms with Gasteiger partial charge in [-0.15, -0.1) is 0 Å². The zero-order valence-electron chi connectivity index (χ0n) is 8.04. The Balaban J connectivity index is 1.97.